The molecule has 0 bridgehead atoms. The van der Waals surface area contributed by atoms with Gasteiger partial charge in [-0.2, -0.15) is 42.1 Å². The largest absolute Gasteiger partial charge is 1.00 e. The molecule has 0 saturated carbocycles. The van der Waals surface area contributed by atoms with E-state index >= 15 is 0 Å². The molecule has 0 aromatic rings. The van der Waals surface area contributed by atoms with Gasteiger partial charge in [-0.15, -0.1) is 120 Å². The van der Waals surface area contributed by atoms with Gasteiger partial charge in [-0.3, -0.25) is 25.7 Å². The summed E-state index contributed by atoms with van der Waals surface area (Å²) in [6.45, 7) is 32.4. The zero-order chi connectivity index (χ0) is 71.9. The van der Waals surface area contributed by atoms with Crippen LogP contribution in [0.15, 0.2) is 0 Å². The predicted molar refractivity (Wildman–Crippen MR) is 438 cm³/mol. The Labute approximate surface area is 846 Å². The second-order valence-corrected chi connectivity index (χ2v) is 37.8. The van der Waals surface area contributed by atoms with Crippen LogP contribution in [0.2, 0.25) is 0 Å². The number of aliphatic hydroxyl groups excluding tert-OH is 2. The smallest absolute Gasteiger partial charge is 1.00 e. The molecule has 2 heterocycles. The first-order valence-electron chi connectivity index (χ1n) is 25.9. The average Bonchev–Trinajstić information content (AvgIpc) is 0.845. The Morgan fingerprint density at radius 2 is 0.772 bits per heavy atom. The van der Waals surface area contributed by atoms with E-state index in [0.29, 0.717) is 85.7 Å². The Hall–Kier alpha value is 14.0. The van der Waals surface area contributed by atoms with Gasteiger partial charge < -0.3 is 116 Å². The van der Waals surface area contributed by atoms with Crippen LogP contribution in [-0.4, -0.2) is 235 Å². The molecule has 29 nitrogen and oxygen atoms in total. The van der Waals surface area contributed by atoms with Gasteiger partial charge in [-0.1, -0.05) is 44.1 Å². The van der Waals surface area contributed by atoms with Crippen molar-refractivity contribution in [3.63, 3.8) is 0 Å². The molecular weight excluding hydrogens is 2260 g/mol. The number of Topliss-reactive ketones (excluding diaryl/α,β-unsaturated/α-hetero) is 2. The van der Waals surface area contributed by atoms with E-state index in [1.54, 1.807) is 0 Å². The van der Waals surface area contributed by atoms with Gasteiger partial charge in [0, 0.05) is 256 Å². The molecule has 59 heteroatoms. The second-order valence-electron chi connectivity index (χ2n) is 19.0. The van der Waals surface area contributed by atoms with E-state index in [4.69, 9.17) is 20.1 Å². The Morgan fingerprint density at radius 1 is 0.525 bits per heavy atom. The summed E-state index contributed by atoms with van der Waals surface area (Å²) in [6.07, 6.45) is 1.33. The van der Waals surface area contributed by atoms with Crippen LogP contribution in [0, 0.1) is 89.9 Å². The van der Waals surface area contributed by atoms with E-state index < -0.39 is 92.8 Å². The molecule has 2 aliphatic rings. The van der Waals surface area contributed by atoms with Crippen molar-refractivity contribution in [2.45, 2.75) is 50.8 Å². The summed E-state index contributed by atoms with van der Waals surface area (Å²) in [6, 6.07) is 0.935. The molecule has 101 heavy (non-hydrogen) atoms. The molecule has 2 aliphatic heterocycles. The van der Waals surface area contributed by atoms with Crippen LogP contribution in [0.25, 0.3) is 35.6 Å². The molecule has 2 saturated heterocycles. The second kappa shape index (κ2) is 90.2. The van der Waals surface area contributed by atoms with Crippen molar-refractivity contribution in [1.29, 1.82) is 0 Å². The van der Waals surface area contributed by atoms with E-state index in [1.165, 1.54) is 6.92 Å². The molecule has 2 fully saturated rings. The quantitative estimate of drug-likeness (QED) is 0.0255. The van der Waals surface area contributed by atoms with Crippen molar-refractivity contribution >= 4 is 211 Å². The number of ketones is 2. The monoisotopic (exact) mass is 2370 g/mol. The van der Waals surface area contributed by atoms with Crippen LogP contribution in [0.5, 0.6) is 0 Å². The fourth-order valence-electron chi connectivity index (χ4n) is 5.83. The third-order valence-electron chi connectivity index (χ3n) is 11.1. The summed E-state index contributed by atoms with van der Waals surface area (Å²) in [5.74, 6) is -1.18. The van der Waals surface area contributed by atoms with Crippen LogP contribution >= 0.6 is 140 Å². The molecule has 4 N–H and O–H groups in total. The van der Waals surface area contributed by atoms with Crippen LogP contribution < -0.4 is 35.3 Å². The maximum absolute atomic E-state index is 11.0. The van der Waals surface area contributed by atoms with Gasteiger partial charge in [0.15, 0.2) is 0 Å². The maximum atomic E-state index is 11.0. The van der Waals surface area contributed by atoms with Gasteiger partial charge in [0.05, 0.1) is 44.5 Å². The summed E-state index contributed by atoms with van der Waals surface area (Å²) >= 11 is 0. The van der Waals surface area contributed by atoms with Crippen LogP contribution in [0.1, 0.15) is 15.8 Å². The fourth-order valence-corrected chi connectivity index (χ4v) is 14.1. The summed E-state index contributed by atoms with van der Waals surface area (Å²) in [5, 5.41) is 46.2. The van der Waals surface area contributed by atoms with Gasteiger partial charge in [-0.05, 0) is 68.5 Å². The summed E-state index contributed by atoms with van der Waals surface area (Å²) < 4.78 is 137. The molecule has 0 spiro atoms. The van der Waals surface area contributed by atoms with E-state index in [-0.39, 0.29) is 355 Å². The van der Waals surface area contributed by atoms with Crippen LogP contribution in [0.3, 0.4) is 0 Å². The van der Waals surface area contributed by atoms with Crippen molar-refractivity contribution in [3.8, 4) is 0 Å². The van der Waals surface area contributed by atoms with Gasteiger partial charge in [0.2, 0.25) is 0 Å². The number of nitrogens with zero attached hydrogens (tertiary/aromatic N) is 9. The minimum absolute atomic E-state index is 0. The molecule has 2 rings (SSSR count). The van der Waals surface area contributed by atoms with E-state index in [2.05, 4.69) is 191 Å². The Kier molecular flexibility index (Phi) is 133. The minimum Gasteiger partial charge on any atom is -1.00 e. The Balaban J connectivity index is -0.0000000601. The molecule has 0 aliphatic carbocycles. The third kappa shape index (κ3) is 97.6. The number of hydrogen-bond acceptors (Lipinski definition) is 22. The van der Waals surface area contributed by atoms with Crippen molar-refractivity contribution in [3.05, 3.63) is 84.1 Å². The summed E-state index contributed by atoms with van der Waals surface area (Å²) in [5.41, 5.74) is 5.45. The molecule has 586 valence electrons. The molecule has 0 amide bonds. The number of aliphatic hydroxyl groups is 2. The number of rotatable bonds is 41. The first-order chi connectivity index (χ1) is 41.8. The molecule has 10 radical (unpaired) electrons. The normalized spacial score (nSPS) is 18.7. The number of carbonyl (C=O) groups is 2. The van der Waals surface area contributed by atoms with Crippen LogP contribution in [0.4, 0.5) is 0 Å². The van der Waals surface area contributed by atoms with E-state index in [0.717, 1.165) is 57.5 Å². The Bertz CT molecular complexity index is 2390. The van der Waals surface area contributed by atoms with Crippen molar-refractivity contribution in [1.82, 2.24) is 9.34 Å². The van der Waals surface area contributed by atoms with Crippen molar-refractivity contribution < 1.29 is 343 Å². The average molecular weight is 2370 g/mol. The SMILES string of the molecule is C.[B].[CH2-]C(=O)C(C[N-]PP)C(C)=O.[CH2-]C(O)C(CO)C[N-]PP.[CH2-]C(OS(C)(=O)=O)C(CN)C[N-]PP.[CH2-]C(OS(C)(=O)=O)C(C[N-]PP)COS(C)(=O)=O.[CH2-]C(OS(C)(=O)=O)C(C[N-]PP)COS(C)(=O)=O.[CH2-]C1C(C[N-]PP)CN1P.[CH2-]C1C(C[N-]PP)CN1P.[H-].[Na+].[Y].[Y].[Y].[Y].[Y].[Y].[Y]. The summed E-state index contributed by atoms with van der Waals surface area (Å²) in [7, 11) is 7.75. The predicted octanol–water partition coefficient (Wildman–Crippen LogP) is 4.12. The first-order valence-corrected chi connectivity index (χ1v) is 55.3. The zero-order valence-electron chi connectivity index (χ0n) is 58.4. The Morgan fingerprint density at radius 3 is 0.960 bits per heavy atom. The zero-order valence-corrected chi connectivity index (χ0v) is 101. The number of hydrogen-bond donors (Lipinski definition) is 3. The topological polar surface area (TPSA) is 423 Å². The van der Waals surface area contributed by atoms with Crippen molar-refractivity contribution in [2.24, 2.45) is 47.2 Å². The molecule has 29 unspecified atom stereocenters. The first kappa shape index (κ1) is 149. The maximum Gasteiger partial charge on any atom is 1.00 e. The van der Waals surface area contributed by atoms with Crippen molar-refractivity contribution in [2.75, 3.05) is 117 Å². The standard InChI is InChI=1S/2C7H17NO6P2S2.C6H16N2O3P2S.C6H11NO2P2.2C5H13N2P3.C5H13NO2P2.CH4.B.Na.7Y.H/c2*1-6(14-18(3,11)12)7(4-8-16-15)5-13-17(2,9)10;1-5(11-14(2,9)10)6(3-7)4-8-13-12;1-4(8)6(5(2)9)3-7-11-10;2*1-4-5(2-6-10-9)3-7(4)8;1-4(8)5(3-7)2-6-10-9;;;;;;;;;;;/h2*6-7,16H,1,4-5,15H2,2-3H3;5-6,13H,1,3-4,7,12H2,2H3;6,11H,1,3,10H2,2H3;2*4-5,10H,1-3,8-9H2;4-5,7-8,10H,1-3,9H2;1H4;;;;;;;;;;/q7*-2;;;+1;;;;;;;;-1. The van der Waals surface area contributed by atoms with E-state index in [1.807, 2.05) is 0 Å². The molecule has 0 aromatic carbocycles. The fraction of sp³-hybridized carbons (Fsp3) is 0.786. The van der Waals surface area contributed by atoms with Gasteiger partial charge in [-0.25, -0.2) is 58.9 Å². The minimum atomic E-state index is -3.66. The molecule has 29 atom stereocenters. The molecule has 0 aromatic heterocycles. The molecular formula is C42H105BN10NaO19P16S5Y7-14. The van der Waals surface area contributed by atoms with Crippen LogP contribution in [-0.2, 0) is 310 Å². The van der Waals surface area contributed by atoms with E-state index in [9.17, 15) is 51.7 Å². The third-order valence-corrected chi connectivity index (χ3v) is 21.6. The van der Waals surface area contributed by atoms with Gasteiger partial charge in [0.25, 0.3) is 50.6 Å². The van der Waals surface area contributed by atoms with Gasteiger partial charge >= 0.3 is 29.6 Å². The summed E-state index contributed by atoms with van der Waals surface area (Å²) in [4.78, 5) is 21.5. The number of nitrogens with two attached hydrogens (primary N) is 1. The van der Waals surface area contributed by atoms with Gasteiger partial charge in [0.1, 0.15) is 5.78 Å². The number of carbonyl (C=O) groups excluding carboxylic acids is 2.